The summed E-state index contributed by atoms with van der Waals surface area (Å²) in [6.07, 6.45) is 0.515. The van der Waals surface area contributed by atoms with E-state index in [2.05, 4.69) is 20.6 Å². The van der Waals surface area contributed by atoms with Crippen molar-refractivity contribution in [2.45, 2.75) is 40.7 Å². The Morgan fingerprint density at radius 1 is 1.23 bits per heavy atom. The maximum absolute atomic E-state index is 12.2. The van der Waals surface area contributed by atoms with Crippen LogP contribution in [0, 0.1) is 6.92 Å². The Bertz CT molecular complexity index is 923. The second-order valence-electron chi connectivity index (χ2n) is 5.75. The summed E-state index contributed by atoms with van der Waals surface area (Å²) in [5.74, 6) is 0.249. The summed E-state index contributed by atoms with van der Waals surface area (Å²) < 4.78 is 8.14. The molecule has 9 heteroatoms. The number of hydrogen-bond acceptors (Lipinski definition) is 7. The molecule has 0 spiro atoms. The Hall–Kier alpha value is -3.10. The first-order chi connectivity index (χ1) is 12.3. The van der Waals surface area contributed by atoms with E-state index in [4.69, 9.17) is 4.74 Å². The molecule has 26 heavy (non-hydrogen) atoms. The van der Waals surface area contributed by atoms with E-state index in [0.29, 0.717) is 23.7 Å². The molecule has 0 radical (unpaired) electrons. The Morgan fingerprint density at radius 2 is 1.96 bits per heavy atom. The third kappa shape index (κ3) is 4.29. The first kappa shape index (κ1) is 19.2. The molecule has 0 fully saturated rings. The van der Waals surface area contributed by atoms with Crippen LogP contribution in [0.15, 0.2) is 33.2 Å². The quantitative estimate of drug-likeness (QED) is 0.443. The maximum atomic E-state index is 12.2. The third-order valence-electron chi connectivity index (χ3n) is 3.84. The van der Waals surface area contributed by atoms with Gasteiger partial charge >= 0.3 is 5.69 Å². The van der Waals surface area contributed by atoms with E-state index in [1.54, 1.807) is 13.0 Å². The summed E-state index contributed by atoms with van der Waals surface area (Å²) >= 11 is 0. The summed E-state index contributed by atoms with van der Waals surface area (Å²) in [5.41, 5.74) is 2.30. The van der Waals surface area contributed by atoms with E-state index in [-0.39, 0.29) is 18.1 Å². The number of carbonyl (C=O) groups is 1. The van der Waals surface area contributed by atoms with Crippen molar-refractivity contribution >= 4 is 17.4 Å². The third-order valence-corrected chi connectivity index (χ3v) is 3.84. The largest absolute Gasteiger partial charge is 0.475 e. The van der Waals surface area contributed by atoms with Gasteiger partial charge in [-0.1, -0.05) is 19.1 Å². The number of ether oxygens (including phenoxy) is 1. The molecule has 0 aliphatic carbocycles. The summed E-state index contributed by atoms with van der Waals surface area (Å²) in [6, 6.07) is 5.54. The summed E-state index contributed by atoms with van der Waals surface area (Å²) in [7, 11) is 1.54. The Kier molecular flexibility index (Phi) is 6.16. The Morgan fingerprint density at radius 3 is 2.54 bits per heavy atom. The van der Waals surface area contributed by atoms with Gasteiger partial charge in [0, 0.05) is 26.0 Å². The van der Waals surface area contributed by atoms with Crippen molar-refractivity contribution in [3.8, 4) is 5.69 Å². The molecule has 0 saturated heterocycles. The van der Waals surface area contributed by atoms with Gasteiger partial charge in [-0.15, -0.1) is 10.2 Å². The second kappa shape index (κ2) is 8.32. The van der Waals surface area contributed by atoms with Crippen molar-refractivity contribution in [1.29, 1.82) is 0 Å². The fraction of sp³-hybridized carbons (Fsp3) is 0.412. The molecule has 0 aliphatic heterocycles. The van der Waals surface area contributed by atoms with Gasteiger partial charge in [-0.3, -0.25) is 4.79 Å². The minimum absolute atomic E-state index is 0.146. The van der Waals surface area contributed by atoms with Crippen LogP contribution in [0.25, 0.3) is 5.69 Å². The molecular weight excluding hydrogens is 336 g/mol. The highest BCUT2D eigenvalue weighted by Crippen LogP contribution is 2.18. The maximum Gasteiger partial charge on any atom is 0.368 e. The molecule has 0 atom stereocenters. The highest BCUT2D eigenvalue weighted by Gasteiger charge is 2.14. The number of aryl methyl sites for hydroxylation is 2. The average Bonchev–Trinajstić information content (AvgIpc) is 2.94. The van der Waals surface area contributed by atoms with E-state index >= 15 is 0 Å². The number of aromatic nitrogens is 4. The van der Waals surface area contributed by atoms with Crippen molar-refractivity contribution in [2.24, 2.45) is 17.3 Å². The van der Waals surface area contributed by atoms with Gasteiger partial charge in [-0.25, -0.2) is 4.79 Å². The SMILES string of the molecule is CCC(=NN=C(C)C(C)=O)OCc1c(C)cccc1-n1nnn(C)c1=O. The molecule has 2 aromatic rings. The Balaban J connectivity index is 2.31. The molecule has 1 heterocycles. The lowest BCUT2D eigenvalue weighted by Crippen LogP contribution is -2.23. The van der Waals surface area contributed by atoms with Crippen LogP contribution in [0.2, 0.25) is 0 Å². The van der Waals surface area contributed by atoms with Gasteiger partial charge in [-0.05, 0) is 35.9 Å². The van der Waals surface area contributed by atoms with E-state index in [1.165, 1.54) is 18.7 Å². The predicted molar refractivity (Wildman–Crippen MR) is 97.6 cm³/mol. The standard InChI is InChI=1S/C17H22N6O3/c1-6-16(19-18-12(3)13(4)24)26-10-14-11(2)8-7-9-15(14)23-17(25)22(5)20-21-23/h7-9H,6,10H2,1-5H3. The van der Waals surface area contributed by atoms with Crippen LogP contribution in [0.4, 0.5) is 0 Å². The van der Waals surface area contributed by atoms with Gasteiger partial charge in [-0.2, -0.15) is 9.36 Å². The molecule has 1 aromatic carbocycles. The van der Waals surface area contributed by atoms with Crippen LogP contribution in [0.1, 0.15) is 38.3 Å². The fourth-order valence-corrected chi connectivity index (χ4v) is 2.10. The normalized spacial score (nSPS) is 12.3. The number of rotatable bonds is 6. The molecule has 9 nitrogen and oxygen atoms in total. The van der Waals surface area contributed by atoms with Gasteiger partial charge in [0.2, 0.25) is 5.90 Å². The molecule has 0 aliphatic rings. The molecule has 1 aromatic heterocycles. The molecule has 2 rings (SSSR count). The lowest BCUT2D eigenvalue weighted by molar-refractivity contribution is -0.111. The van der Waals surface area contributed by atoms with Gasteiger partial charge < -0.3 is 4.74 Å². The molecule has 0 bridgehead atoms. The number of nitrogens with zero attached hydrogens (tertiary/aromatic N) is 6. The highest BCUT2D eigenvalue weighted by molar-refractivity contribution is 6.37. The predicted octanol–water partition coefficient (Wildman–Crippen LogP) is 1.56. The molecule has 138 valence electrons. The Labute approximate surface area is 151 Å². The zero-order chi connectivity index (χ0) is 19.3. The molecule has 0 N–H and O–H groups in total. The van der Waals surface area contributed by atoms with Crippen molar-refractivity contribution in [1.82, 2.24) is 19.8 Å². The fourth-order valence-electron chi connectivity index (χ4n) is 2.10. The van der Waals surface area contributed by atoms with Gasteiger partial charge in [0.1, 0.15) is 12.3 Å². The minimum Gasteiger partial charge on any atom is -0.475 e. The van der Waals surface area contributed by atoms with Crippen LogP contribution in [-0.2, 0) is 23.2 Å². The molecule has 0 amide bonds. The second-order valence-corrected chi connectivity index (χ2v) is 5.75. The summed E-state index contributed by atoms with van der Waals surface area (Å²) in [4.78, 5) is 23.4. The van der Waals surface area contributed by atoms with Crippen molar-refractivity contribution < 1.29 is 9.53 Å². The topological polar surface area (TPSA) is 104 Å². The highest BCUT2D eigenvalue weighted by atomic mass is 16.5. The molecule has 0 saturated carbocycles. The lowest BCUT2D eigenvalue weighted by atomic mass is 10.1. The minimum atomic E-state index is -0.345. The molecular formula is C17H22N6O3. The van der Waals surface area contributed by atoms with Crippen LogP contribution in [0.5, 0.6) is 0 Å². The van der Waals surface area contributed by atoms with Crippen LogP contribution < -0.4 is 5.69 Å². The summed E-state index contributed by atoms with van der Waals surface area (Å²) in [5, 5.41) is 15.5. The van der Waals surface area contributed by atoms with Gasteiger partial charge in [0.15, 0.2) is 5.78 Å². The smallest absolute Gasteiger partial charge is 0.368 e. The van der Waals surface area contributed by atoms with E-state index in [1.807, 2.05) is 26.0 Å². The summed E-state index contributed by atoms with van der Waals surface area (Å²) in [6.45, 7) is 7.01. The number of tetrazole rings is 1. The lowest BCUT2D eigenvalue weighted by Gasteiger charge is -2.13. The van der Waals surface area contributed by atoms with Crippen molar-refractivity contribution in [3.63, 3.8) is 0 Å². The molecule has 0 unspecified atom stereocenters. The number of carbonyl (C=O) groups excluding carboxylic acids is 1. The van der Waals surface area contributed by atoms with E-state index in [9.17, 15) is 9.59 Å². The van der Waals surface area contributed by atoms with E-state index < -0.39 is 0 Å². The number of Topliss-reactive ketones (excluding diaryl/α,β-unsaturated/α-hetero) is 1. The monoisotopic (exact) mass is 358 g/mol. The van der Waals surface area contributed by atoms with Crippen molar-refractivity contribution in [2.75, 3.05) is 0 Å². The van der Waals surface area contributed by atoms with Gasteiger partial charge in [0.05, 0.1) is 5.69 Å². The number of hydrogen-bond donors (Lipinski definition) is 0. The zero-order valence-electron chi connectivity index (χ0n) is 15.6. The van der Waals surface area contributed by atoms with Gasteiger partial charge in [0.25, 0.3) is 0 Å². The zero-order valence-corrected chi connectivity index (χ0v) is 15.6. The van der Waals surface area contributed by atoms with Crippen LogP contribution >= 0.6 is 0 Å². The van der Waals surface area contributed by atoms with Crippen LogP contribution in [0.3, 0.4) is 0 Å². The van der Waals surface area contributed by atoms with Crippen molar-refractivity contribution in [3.05, 3.63) is 39.8 Å². The first-order valence-electron chi connectivity index (χ1n) is 8.17. The average molecular weight is 358 g/mol. The van der Waals surface area contributed by atoms with Crippen LogP contribution in [-0.4, -0.2) is 37.2 Å². The number of ketones is 1. The van der Waals surface area contributed by atoms with E-state index in [0.717, 1.165) is 15.8 Å². The number of benzene rings is 1. The first-order valence-corrected chi connectivity index (χ1v) is 8.17.